The zero-order valence-corrected chi connectivity index (χ0v) is 56.7. The zero-order chi connectivity index (χ0) is 68.5. The largest absolute Gasteiger partial charge is 0.310 e. The summed E-state index contributed by atoms with van der Waals surface area (Å²) in [7, 11) is 0. The Labute approximate surface area is 602 Å². The summed E-state index contributed by atoms with van der Waals surface area (Å²) in [6.07, 6.45) is 0. The fourth-order valence-electron chi connectivity index (χ4n) is 18.1. The molecule has 0 N–H and O–H groups in total. The molecule has 23 rings (SSSR count). The molecule has 18 aromatic carbocycles. The molecule has 0 radical (unpaired) electrons. The minimum Gasteiger partial charge on any atom is -0.310 e. The summed E-state index contributed by atoms with van der Waals surface area (Å²) in [5, 5.41) is 19.5. The maximum atomic E-state index is 5.70. The average Bonchev–Trinajstić information content (AvgIpc) is 1.53. The minimum absolute atomic E-state index is 0.781. The fourth-order valence-corrected chi connectivity index (χ4v) is 18.1. The highest BCUT2D eigenvalue weighted by atomic mass is 15.1. The second kappa shape index (κ2) is 22.2. The molecule has 7 heteroatoms. The van der Waals surface area contributed by atoms with E-state index in [1.807, 2.05) is 0 Å². The number of benzene rings is 16. The van der Waals surface area contributed by atoms with Gasteiger partial charge in [-0.1, -0.05) is 224 Å². The van der Waals surface area contributed by atoms with Crippen molar-refractivity contribution in [3.05, 3.63) is 358 Å². The van der Waals surface area contributed by atoms with E-state index in [9.17, 15) is 0 Å². The van der Waals surface area contributed by atoms with Crippen LogP contribution < -0.4 is 4.90 Å². The van der Waals surface area contributed by atoms with Gasteiger partial charge in [0.2, 0.25) is 0 Å². The van der Waals surface area contributed by atoms with Crippen LogP contribution in [0.3, 0.4) is 0 Å². The number of fused-ring (bicyclic) bond motifs is 7. The van der Waals surface area contributed by atoms with Gasteiger partial charge in [0.05, 0.1) is 55.2 Å². The van der Waals surface area contributed by atoms with Crippen LogP contribution in [0.25, 0.3) is 198 Å². The minimum atomic E-state index is 0.781. The SMILES string of the molecule is c1ccc(-c2nc3ccccc3nc2-n2c3cccc4c5ccc(-c6cccc(N(c7ccccc7)c7ccc(-n8c9cccc%10c%11ccccc%11c%11cccc%12c%11c%11c(c%109)c8ccc%11n%12-c8ccccc8)cc7)c6)cc5c5cccc6c5c5c(c43)c2c(-c2ccccc2)cc5n6-c2ccccc2)cc1. The van der Waals surface area contributed by atoms with E-state index in [-0.39, 0.29) is 0 Å². The Morgan fingerprint density at radius 3 is 1.18 bits per heavy atom. The van der Waals surface area contributed by atoms with Crippen molar-refractivity contribution in [1.29, 1.82) is 0 Å². The second-order valence-electron chi connectivity index (χ2n) is 27.9. The third-order valence-corrected chi connectivity index (χ3v) is 22.4. The van der Waals surface area contributed by atoms with Crippen LogP contribution in [0.15, 0.2) is 358 Å². The maximum Gasteiger partial charge on any atom is 0.165 e. The standard InChI is InChI=1S/C98H59N7/c1-6-25-60(26-7-1)77-59-87-94-90-76(42-24-47-83(90)104(87)66-34-14-5-15-35-66)78-58-63(49-54-72(78)75-41-23-48-84-91(75)95(94)97(77)105(84)98-96(61-27-8-2-9-28-61)99-79-43-18-19-44-80(79)100-98)62-29-20-36-69(57-62)101(64-30-10-3-11-31-64)67-50-52-68(53-51-67)103-82-46-22-40-74-71-38-17-16-37-70(71)73-39-21-45-81-88(73)92-85(55-56-86(103)93(92)89(74)82)102(81)65-32-12-4-13-33-65/h1-59H. The normalized spacial score (nSPS) is 12.2. The van der Waals surface area contributed by atoms with Crippen LogP contribution in [0.5, 0.6) is 0 Å². The number of rotatable bonds is 10. The molecule has 0 aliphatic carbocycles. The van der Waals surface area contributed by atoms with Crippen molar-refractivity contribution in [2.45, 2.75) is 0 Å². The van der Waals surface area contributed by atoms with Crippen molar-refractivity contribution in [1.82, 2.24) is 28.2 Å². The lowest BCUT2D eigenvalue weighted by molar-refractivity contribution is 1.08. The van der Waals surface area contributed by atoms with E-state index in [1.54, 1.807) is 0 Å². The lowest BCUT2D eigenvalue weighted by Gasteiger charge is -2.26. The van der Waals surface area contributed by atoms with Crippen LogP contribution in [-0.4, -0.2) is 28.2 Å². The molecule has 486 valence electrons. The highest BCUT2D eigenvalue weighted by molar-refractivity contribution is 6.42. The van der Waals surface area contributed by atoms with Gasteiger partial charge in [0, 0.05) is 88.3 Å². The molecule has 0 saturated heterocycles. The van der Waals surface area contributed by atoms with Gasteiger partial charge < -0.3 is 18.6 Å². The Bertz CT molecular complexity index is 7480. The summed E-state index contributed by atoms with van der Waals surface area (Å²) in [5.41, 5.74) is 23.6. The molecule has 5 heterocycles. The molecule has 0 saturated carbocycles. The van der Waals surface area contributed by atoms with Crippen molar-refractivity contribution in [3.63, 3.8) is 0 Å². The number of anilines is 3. The molecule has 0 atom stereocenters. The number of hydrogen-bond donors (Lipinski definition) is 0. The summed E-state index contributed by atoms with van der Waals surface area (Å²) in [6.45, 7) is 0. The van der Waals surface area contributed by atoms with Crippen molar-refractivity contribution in [3.8, 4) is 56.4 Å². The number of hydrogen-bond acceptors (Lipinski definition) is 3. The average molecular weight is 1330 g/mol. The molecule has 5 aromatic heterocycles. The Morgan fingerprint density at radius 1 is 0.210 bits per heavy atom. The Morgan fingerprint density at radius 2 is 0.600 bits per heavy atom. The van der Waals surface area contributed by atoms with E-state index in [2.05, 4.69) is 381 Å². The molecule has 0 fully saturated rings. The van der Waals surface area contributed by atoms with Gasteiger partial charge in [-0.3, -0.25) is 4.57 Å². The fraction of sp³-hybridized carbons (Fsp3) is 0. The molecular formula is C98H59N7. The first-order valence-electron chi connectivity index (χ1n) is 36.1. The topological polar surface area (TPSA) is 48.7 Å². The van der Waals surface area contributed by atoms with Gasteiger partial charge in [0.1, 0.15) is 5.69 Å². The highest BCUT2D eigenvalue weighted by Gasteiger charge is 2.31. The van der Waals surface area contributed by atoms with Crippen LogP contribution >= 0.6 is 0 Å². The summed E-state index contributed by atoms with van der Waals surface area (Å²) >= 11 is 0. The molecule has 7 nitrogen and oxygen atoms in total. The summed E-state index contributed by atoms with van der Waals surface area (Å²) in [4.78, 5) is 13.6. The number of para-hydroxylation sites is 5. The van der Waals surface area contributed by atoms with Gasteiger partial charge in [-0.15, -0.1) is 0 Å². The van der Waals surface area contributed by atoms with Gasteiger partial charge in [-0.05, 0) is 193 Å². The molecule has 0 aliphatic rings. The monoisotopic (exact) mass is 1330 g/mol. The van der Waals surface area contributed by atoms with Crippen LogP contribution in [0.1, 0.15) is 0 Å². The molecule has 0 aliphatic heterocycles. The van der Waals surface area contributed by atoms with Gasteiger partial charge in [0.25, 0.3) is 0 Å². The predicted molar refractivity (Wildman–Crippen MR) is 440 cm³/mol. The van der Waals surface area contributed by atoms with Gasteiger partial charge in [-0.25, -0.2) is 9.97 Å². The van der Waals surface area contributed by atoms with Crippen molar-refractivity contribution >= 4 is 158 Å². The van der Waals surface area contributed by atoms with Crippen molar-refractivity contribution in [2.75, 3.05) is 4.90 Å². The first-order chi connectivity index (χ1) is 52.1. The van der Waals surface area contributed by atoms with Gasteiger partial charge >= 0.3 is 0 Å². The number of nitrogens with zero attached hydrogens (tertiary/aromatic N) is 7. The van der Waals surface area contributed by atoms with Crippen LogP contribution in [-0.2, 0) is 0 Å². The van der Waals surface area contributed by atoms with Crippen molar-refractivity contribution < 1.29 is 0 Å². The van der Waals surface area contributed by atoms with E-state index >= 15 is 0 Å². The van der Waals surface area contributed by atoms with Crippen LogP contribution in [0.4, 0.5) is 17.1 Å². The van der Waals surface area contributed by atoms with E-state index < -0.39 is 0 Å². The smallest absolute Gasteiger partial charge is 0.165 e. The van der Waals surface area contributed by atoms with Crippen molar-refractivity contribution in [2.24, 2.45) is 0 Å². The second-order valence-corrected chi connectivity index (χ2v) is 27.9. The lowest BCUT2D eigenvalue weighted by atomic mass is 9.91. The van der Waals surface area contributed by atoms with E-state index in [1.165, 1.54) is 97.5 Å². The van der Waals surface area contributed by atoms with Gasteiger partial charge in [-0.2, -0.15) is 0 Å². The summed E-state index contributed by atoms with van der Waals surface area (Å²) in [5.74, 6) is 0.781. The molecule has 0 unspecified atom stereocenters. The Balaban J connectivity index is 0.734. The maximum absolute atomic E-state index is 5.70. The molecule has 0 spiro atoms. The Kier molecular flexibility index (Phi) is 12.2. The summed E-state index contributed by atoms with van der Waals surface area (Å²) in [6, 6.07) is 132. The summed E-state index contributed by atoms with van der Waals surface area (Å²) < 4.78 is 9.90. The first-order valence-corrected chi connectivity index (χ1v) is 36.1. The molecule has 0 bridgehead atoms. The van der Waals surface area contributed by atoms with Crippen LogP contribution in [0.2, 0.25) is 0 Å². The highest BCUT2D eigenvalue weighted by Crippen LogP contribution is 2.53. The van der Waals surface area contributed by atoms with E-state index in [4.69, 9.17) is 9.97 Å². The third-order valence-electron chi connectivity index (χ3n) is 22.4. The first kappa shape index (κ1) is 57.6. The van der Waals surface area contributed by atoms with Gasteiger partial charge in [0.15, 0.2) is 5.82 Å². The molecule has 23 aromatic rings. The lowest BCUT2D eigenvalue weighted by Crippen LogP contribution is -2.10. The van der Waals surface area contributed by atoms with Crippen LogP contribution in [0, 0.1) is 0 Å². The molecule has 105 heavy (non-hydrogen) atoms. The van der Waals surface area contributed by atoms with E-state index in [0.29, 0.717) is 0 Å². The third kappa shape index (κ3) is 8.26. The Hall–Kier alpha value is -14.1. The molecular weight excluding hydrogens is 1280 g/mol. The quantitative estimate of drug-likeness (QED) is 0.137. The number of aromatic nitrogens is 6. The molecule has 0 amide bonds. The zero-order valence-electron chi connectivity index (χ0n) is 56.7. The van der Waals surface area contributed by atoms with E-state index in [0.717, 1.165) is 117 Å². The predicted octanol–water partition coefficient (Wildman–Crippen LogP) is 26.0.